The molecule has 1 amide bonds. The van der Waals surface area contributed by atoms with Gasteiger partial charge in [0.1, 0.15) is 22.4 Å². The Balaban J connectivity index is 1.43. The number of thiocarbonyl (C=S) groups is 1. The Hall–Kier alpha value is -2.22. The highest BCUT2D eigenvalue weighted by Gasteiger charge is 2.32. The number of carbonyl (C=O) groups is 1. The van der Waals surface area contributed by atoms with Crippen molar-refractivity contribution in [2.24, 2.45) is 0 Å². The molecule has 0 radical (unpaired) electrons. The van der Waals surface area contributed by atoms with Crippen LogP contribution in [-0.4, -0.2) is 22.2 Å². The number of methoxy groups -OCH3 is 1. The van der Waals surface area contributed by atoms with Gasteiger partial charge in [-0.3, -0.25) is 9.69 Å². The summed E-state index contributed by atoms with van der Waals surface area (Å²) in [5.41, 5.74) is 2.61. The molecule has 0 saturated carbocycles. The first-order valence-corrected chi connectivity index (χ1v) is 12.4. The highest BCUT2D eigenvalue weighted by molar-refractivity contribution is 8.26. The van der Waals surface area contributed by atoms with E-state index in [1.54, 1.807) is 42.4 Å². The first-order valence-electron chi connectivity index (χ1n) is 10.1. The maximum absolute atomic E-state index is 13.0. The van der Waals surface area contributed by atoms with E-state index in [4.69, 9.17) is 56.5 Å². The molecule has 0 spiro atoms. The number of nitrogens with zero attached hydrogens (tertiary/aromatic N) is 1. The maximum atomic E-state index is 13.0. The molecule has 174 valence electrons. The summed E-state index contributed by atoms with van der Waals surface area (Å²) in [6, 6.07) is 18.2. The number of halogens is 3. The van der Waals surface area contributed by atoms with E-state index < -0.39 is 0 Å². The van der Waals surface area contributed by atoms with Gasteiger partial charge in [-0.25, -0.2) is 0 Å². The number of benzene rings is 3. The largest absolute Gasteiger partial charge is 0.497 e. The zero-order valence-electron chi connectivity index (χ0n) is 17.9. The van der Waals surface area contributed by atoms with Gasteiger partial charge in [-0.1, -0.05) is 83.0 Å². The molecule has 3 aromatic carbocycles. The third-order valence-corrected chi connectivity index (χ3v) is 7.42. The van der Waals surface area contributed by atoms with Gasteiger partial charge in [0.2, 0.25) is 0 Å². The van der Waals surface area contributed by atoms with Gasteiger partial charge < -0.3 is 9.47 Å². The van der Waals surface area contributed by atoms with Crippen LogP contribution in [0.5, 0.6) is 11.5 Å². The summed E-state index contributed by atoms with van der Waals surface area (Å²) in [6.07, 6.45) is 1.78. The third-order valence-electron chi connectivity index (χ3n) is 5.01. The van der Waals surface area contributed by atoms with Crippen LogP contribution in [0.4, 0.5) is 0 Å². The molecule has 9 heteroatoms. The minimum atomic E-state index is -0.137. The van der Waals surface area contributed by atoms with Gasteiger partial charge in [0, 0.05) is 0 Å². The topological polar surface area (TPSA) is 38.8 Å². The number of ether oxygens (including phenoxy) is 2. The Kier molecular flexibility index (Phi) is 8.06. The van der Waals surface area contributed by atoms with Crippen molar-refractivity contribution < 1.29 is 14.3 Å². The molecule has 3 aromatic rings. The zero-order valence-corrected chi connectivity index (χ0v) is 21.8. The highest BCUT2D eigenvalue weighted by Crippen LogP contribution is 2.35. The number of thioether (sulfide) groups is 1. The van der Waals surface area contributed by atoms with Gasteiger partial charge in [-0.2, -0.15) is 0 Å². The predicted octanol–water partition coefficient (Wildman–Crippen LogP) is 7.64. The van der Waals surface area contributed by atoms with Crippen molar-refractivity contribution in [1.29, 1.82) is 0 Å². The molecular weight excluding hydrogens is 533 g/mol. The molecular formula is C25H18Cl3NO3S2. The molecule has 1 saturated heterocycles. The lowest BCUT2D eigenvalue weighted by Gasteiger charge is -2.14. The van der Waals surface area contributed by atoms with Crippen LogP contribution in [0.2, 0.25) is 15.1 Å². The van der Waals surface area contributed by atoms with Crippen LogP contribution >= 0.6 is 58.8 Å². The lowest BCUT2D eigenvalue weighted by Crippen LogP contribution is -2.27. The number of amides is 1. The van der Waals surface area contributed by atoms with E-state index in [-0.39, 0.29) is 5.91 Å². The summed E-state index contributed by atoms with van der Waals surface area (Å²) in [7, 11) is 1.61. The van der Waals surface area contributed by atoms with E-state index in [0.717, 1.165) is 22.4 Å². The fourth-order valence-corrected chi connectivity index (χ4v) is 5.03. The van der Waals surface area contributed by atoms with Gasteiger partial charge in [0.15, 0.2) is 0 Å². The number of hydrogen-bond donors (Lipinski definition) is 0. The van der Waals surface area contributed by atoms with Crippen LogP contribution in [0.3, 0.4) is 0 Å². The van der Waals surface area contributed by atoms with E-state index in [0.29, 0.717) is 43.2 Å². The normalized spacial score (nSPS) is 14.7. The Morgan fingerprint density at radius 3 is 2.35 bits per heavy atom. The monoisotopic (exact) mass is 549 g/mol. The number of rotatable bonds is 7. The van der Waals surface area contributed by atoms with Crippen molar-refractivity contribution in [3.63, 3.8) is 0 Å². The molecule has 0 unspecified atom stereocenters. The third kappa shape index (κ3) is 5.88. The average Bonchev–Trinajstić information content (AvgIpc) is 3.08. The summed E-state index contributed by atoms with van der Waals surface area (Å²) >= 11 is 25.1. The smallest absolute Gasteiger partial charge is 0.266 e. The molecule has 0 aromatic heterocycles. The molecule has 4 rings (SSSR count). The Bertz CT molecular complexity index is 1280. The van der Waals surface area contributed by atoms with E-state index in [1.807, 2.05) is 36.4 Å². The second-order valence-electron chi connectivity index (χ2n) is 7.34. The molecule has 1 aliphatic rings. The van der Waals surface area contributed by atoms with Gasteiger partial charge >= 0.3 is 0 Å². The van der Waals surface area contributed by atoms with E-state index in [9.17, 15) is 4.79 Å². The lowest BCUT2D eigenvalue weighted by molar-refractivity contribution is -0.122. The van der Waals surface area contributed by atoms with Gasteiger partial charge in [0.05, 0.1) is 33.6 Å². The van der Waals surface area contributed by atoms with Crippen LogP contribution in [0.1, 0.15) is 16.7 Å². The molecule has 0 atom stereocenters. The molecule has 1 heterocycles. The fraction of sp³-hybridized carbons (Fsp3) is 0.120. The van der Waals surface area contributed by atoms with Crippen molar-refractivity contribution in [2.75, 3.05) is 7.11 Å². The summed E-state index contributed by atoms with van der Waals surface area (Å²) in [6.45, 7) is 0.689. The second kappa shape index (κ2) is 11.0. The van der Waals surface area contributed by atoms with E-state index in [1.165, 1.54) is 11.8 Å². The van der Waals surface area contributed by atoms with Crippen LogP contribution < -0.4 is 9.47 Å². The minimum Gasteiger partial charge on any atom is -0.497 e. The Morgan fingerprint density at radius 1 is 0.941 bits per heavy atom. The highest BCUT2D eigenvalue weighted by atomic mass is 35.5. The molecule has 1 aliphatic heterocycles. The summed E-state index contributed by atoms with van der Waals surface area (Å²) < 4.78 is 11.5. The molecule has 0 bridgehead atoms. The Labute approximate surface area is 222 Å². The van der Waals surface area contributed by atoms with Gasteiger partial charge in [-0.05, 0) is 59.2 Å². The van der Waals surface area contributed by atoms with Gasteiger partial charge in [0.25, 0.3) is 5.91 Å². The van der Waals surface area contributed by atoms with Gasteiger partial charge in [-0.15, -0.1) is 0 Å². The first kappa shape index (κ1) is 24.9. The molecule has 34 heavy (non-hydrogen) atoms. The predicted molar refractivity (Wildman–Crippen MR) is 144 cm³/mol. The SMILES string of the molecule is COc1ccc(CN2C(=O)/C(=C/c3ccc(OCc4ccc(Cl)c(Cl)c4)c(Cl)c3)SC2=S)cc1. The molecule has 4 nitrogen and oxygen atoms in total. The second-order valence-corrected chi connectivity index (χ2v) is 10.2. The Morgan fingerprint density at radius 2 is 1.68 bits per heavy atom. The van der Waals surface area contributed by atoms with Crippen molar-refractivity contribution in [2.45, 2.75) is 13.2 Å². The van der Waals surface area contributed by atoms with Crippen LogP contribution in [0.15, 0.2) is 65.6 Å². The number of carbonyl (C=O) groups excluding carboxylic acids is 1. The fourth-order valence-electron chi connectivity index (χ4n) is 3.22. The molecule has 0 N–H and O–H groups in total. The van der Waals surface area contributed by atoms with Crippen molar-refractivity contribution >= 4 is 75.1 Å². The molecule has 0 aliphatic carbocycles. The van der Waals surface area contributed by atoms with Crippen molar-refractivity contribution in [3.8, 4) is 11.5 Å². The first-order chi connectivity index (χ1) is 16.3. The summed E-state index contributed by atoms with van der Waals surface area (Å²) in [5.74, 6) is 1.15. The van der Waals surface area contributed by atoms with Crippen LogP contribution in [0.25, 0.3) is 6.08 Å². The minimum absolute atomic E-state index is 0.137. The van der Waals surface area contributed by atoms with Crippen LogP contribution in [0, 0.1) is 0 Å². The lowest BCUT2D eigenvalue weighted by atomic mass is 10.2. The number of hydrogen-bond acceptors (Lipinski definition) is 5. The van der Waals surface area contributed by atoms with E-state index in [2.05, 4.69) is 0 Å². The van der Waals surface area contributed by atoms with Crippen molar-refractivity contribution in [1.82, 2.24) is 4.90 Å². The average molecular weight is 551 g/mol. The van der Waals surface area contributed by atoms with Crippen molar-refractivity contribution in [3.05, 3.63) is 97.3 Å². The van der Waals surface area contributed by atoms with E-state index >= 15 is 0 Å². The summed E-state index contributed by atoms with van der Waals surface area (Å²) in [5, 5.41) is 1.39. The van der Waals surface area contributed by atoms with Crippen LogP contribution in [-0.2, 0) is 17.9 Å². The molecule has 1 fully saturated rings. The standard InChI is InChI=1S/C25H18Cl3NO3S2/c1-31-18-6-2-15(3-7-18)13-29-24(30)23(34-25(29)33)12-16-5-9-22(21(28)10-16)32-14-17-4-8-19(26)20(27)11-17/h2-12H,13-14H2,1H3/b23-12-. The maximum Gasteiger partial charge on any atom is 0.266 e. The summed E-state index contributed by atoms with van der Waals surface area (Å²) in [4.78, 5) is 15.1. The zero-order chi connectivity index (χ0) is 24.2. The quantitative estimate of drug-likeness (QED) is 0.223.